The molecule has 1 aromatic heterocycles. The first-order valence-electron chi connectivity index (χ1n) is 6.92. The van der Waals surface area contributed by atoms with Crippen LogP contribution in [0.15, 0.2) is 35.1 Å². The zero-order valence-electron chi connectivity index (χ0n) is 12.5. The zero-order chi connectivity index (χ0) is 15.4. The van der Waals surface area contributed by atoms with E-state index in [4.69, 9.17) is 4.74 Å². The van der Waals surface area contributed by atoms with E-state index in [9.17, 15) is 4.79 Å². The molecule has 0 fully saturated rings. The van der Waals surface area contributed by atoms with Crippen molar-refractivity contribution in [2.24, 2.45) is 13.0 Å². The Hall–Kier alpha value is -1.75. The highest BCUT2D eigenvalue weighted by Crippen LogP contribution is 2.22. The molecule has 0 N–H and O–H groups in total. The molecule has 21 heavy (non-hydrogen) atoms. The number of hydrogen-bond acceptors (Lipinski definition) is 4. The molecule has 0 unspecified atom stereocenters. The number of hydrogen-bond donors (Lipinski definition) is 1. The molecule has 0 aliphatic rings. The van der Waals surface area contributed by atoms with Crippen molar-refractivity contribution in [1.82, 2.24) is 9.78 Å². The van der Waals surface area contributed by atoms with E-state index in [1.165, 1.54) is 4.68 Å². The average Bonchev–Trinajstić information content (AvgIpc) is 2.48. The predicted molar refractivity (Wildman–Crippen MR) is 87.9 cm³/mol. The number of aryl methyl sites for hydroxylation is 1. The molecule has 0 aliphatic heterocycles. The number of thiol groups is 1. The normalized spacial score (nSPS) is 10.9. The third-order valence-electron chi connectivity index (χ3n) is 3.02. The average molecular weight is 304 g/mol. The minimum Gasteiger partial charge on any atom is -0.493 e. The van der Waals surface area contributed by atoms with Gasteiger partial charge in [0.15, 0.2) is 0 Å². The molecular formula is C16H20N2O2S. The van der Waals surface area contributed by atoms with Crippen LogP contribution in [0.3, 0.4) is 0 Å². The van der Waals surface area contributed by atoms with Crippen LogP contribution in [0.1, 0.15) is 19.4 Å². The molecule has 1 heterocycles. The second-order valence-corrected chi connectivity index (χ2v) is 5.69. The lowest BCUT2D eigenvalue weighted by atomic mass is 10.1. The Labute approximate surface area is 130 Å². The molecule has 0 saturated heterocycles. The van der Waals surface area contributed by atoms with Gasteiger partial charge in [-0.1, -0.05) is 26.0 Å². The summed E-state index contributed by atoms with van der Waals surface area (Å²) in [4.78, 5) is 11.9. The molecule has 5 heteroatoms. The van der Waals surface area contributed by atoms with Gasteiger partial charge < -0.3 is 4.74 Å². The van der Waals surface area contributed by atoms with Crippen molar-refractivity contribution in [2.75, 3.05) is 6.61 Å². The van der Waals surface area contributed by atoms with Crippen LogP contribution in [0.5, 0.6) is 5.75 Å². The number of nitrogens with zero attached hydrogens (tertiary/aromatic N) is 2. The summed E-state index contributed by atoms with van der Waals surface area (Å²) in [5.74, 6) is 1.68. The summed E-state index contributed by atoms with van der Waals surface area (Å²) < 4.78 is 7.08. The molecule has 112 valence electrons. The van der Waals surface area contributed by atoms with Gasteiger partial charge in [0, 0.05) is 23.9 Å². The molecule has 0 spiro atoms. The van der Waals surface area contributed by atoms with Crippen LogP contribution >= 0.6 is 12.6 Å². The van der Waals surface area contributed by atoms with E-state index in [1.54, 1.807) is 13.1 Å². The molecule has 2 aromatic rings. The SMILES string of the molecule is CC(C)COc1cccc(-c2cc(CS)c(=O)n(C)n2)c1. The highest BCUT2D eigenvalue weighted by Gasteiger charge is 2.08. The molecular weight excluding hydrogens is 284 g/mol. The van der Waals surface area contributed by atoms with E-state index in [2.05, 4.69) is 31.6 Å². The first-order valence-corrected chi connectivity index (χ1v) is 7.56. The van der Waals surface area contributed by atoms with Crippen molar-refractivity contribution in [3.05, 3.63) is 46.2 Å². The van der Waals surface area contributed by atoms with Crippen LogP contribution in [0.2, 0.25) is 0 Å². The first kappa shape index (κ1) is 15.6. The van der Waals surface area contributed by atoms with Gasteiger partial charge in [-0.25, -0.2) is 4.68 Å². The fourth-order valence-electron chi connectivity index (χ4n) is 1.93. The van der Waals surface area contributed by atoms with Crippen molar-refractivity contribution < 1.29 is 4.74 Å². The van der Waals surface area contributed by atoms with Crippen LogP contribution in [-0.2, 0) is 12.8 Å². The molecule has 4 nitrogen and oxygen atoms in total. The van der Waals surface area contributed by atoms with Gasteiger partial charge in [-0.2, -0.15) is 17.7 Å². The minimum atomic E-state index is -0.110. The smallest absolute Gasteiger partial charge is 0.270 e. The van der Waals surface area contributed by atoms with Gasteiger partial charge in [-0.3, -0.25) is 4.79 Å². The molecule has 1 aromatic carbocycles. The van der Waals surface area contributed by atoms with Gasteiger partial charge in [0.05, 0.1) is 12.3 Å². The zero-order valence-corrected chi connectivity index (χ0v) is 13.4. The van der Waals surface area contributed by atoms with E-state index in [0.717, 1.165) is 17.0 Å². The largest absolute Gasteiger partial charge is 0.493 e. The third-order valence-corrected chi connectivity index (χ3v) is 3.36. The van der Waals surface area contributed by atoms with Crippen molar-refractivity contribution in [3.8, 4) is 17.0 Å². The van der Waals surface area contributed by atoms with E-state index < -0.39 is 0 Å². The molecule has 0 aliphatic carbocycles. The number of ether oxygens (including phenoxy) is 1. The fourth-order valence-corrected chi connectivity index (χ4v) is 2.16. The lowest BCUT2D eigenvalue weighted by Crippen LogP contribution is -2.23. The van der Waals surface area contributed by atoms with E-state index in [-0.39, 0.29) is 5.56 Å². The van der Waals surface area contributed by atoms with Crippen LogP contribution in [-0.4, -0.2) is 16.4 Å². The van der Waals surface area contributed by atoms with Crippen molar-refractivity contribution >= 4 is 12.6 Å². The van der Waals surface area contributed by atoms with Crippen molar-refractivity contribution in [1.29, 1.82) is 0 Å². The Balaban J connectivity index is 2.36. The topological polar surface area (TPSA) is 44.1 Å². The molecule has 2 rings (SSSR count). The molecule has 0 bridgehead atoms. The monoisotopic (exact) mass is 304 g/mol. The summed E-state index contributed by atoms with van der Waals surface area (Å²) in [6.07, 6.45) is 0. The standard InChI is InChI=1S/C16H20N2O2S/c1-11(2)9-20-14-6-4-5-12(7-14)15-8-13(10-21)16(19)18(3)17-15/h4-8,11,21H,9-10H2,1-3H3. The van der Waals surface area contributed by atoms with Gasteiger partial charge in [0.1, 0.15) is 5.75 Å². The van der Waals surface area contributed by atoms with Crippen molar-refractivity contribution in [2.45, 2.75) is 19.6 Å². The Morgan fingerprint density at radius 2 is 2.10 bits per heavy atom. The highest BCUT2D eigenvalue weighted by atomic mass is 32.1. The number of benzene rings is 1. The summed E-state index contributed by atoms with van der Waals surface area (Å²) >= 11 is 4.20. The summed E-state index contributed by atoms with van der Waals surface area (Å²) in [6.45, 7) is 4.89. The van der Waals surface area contributed by atoms with Crippen LogP contribution in [0.4, 0.5) is 0 Å². The number of aromatic nitrogens is 2. The Morgan fingerprint density at radius 3 is 2.76 bits per heavy atom. The van der Waals surface area contributed by atoms with Gasteiger partial charge in [-0.05, 0) is 24.1 Å². The van der Waals surface area contributed by atoms with Crippen molar-refractivity contribution in [3.63, 3.8) is 0 Å². The summed E-state index contributed by atoms with van der Waals surface area (Å²) in [6, 6.07) is 9.54. The second-order valence-electron chi connectivity index (χ2n) is 5.37. The quantitative estimate of drug-likeness (QED) is 0.864. The van der Waals surface area contributed by atoms with Gasteiger partial charge in [-0.15, -0.1) is 0 Å². The Bertz CT molecular complexity index is 680. The lowest BCUT2D eigenvalue weighted by molar-refractivity contribution is 0.271. The fraction of sp³-hybridized carbons (Fsp3) is 0.375. The van der Waals surface area contributed by atoms with Crippen LogP contribution < -0.4 is 10.3 Å². The molecule has 0 radical (unpaired) electrons. The van der Waals surface area contributed by atoms with E-state index >= 15 is 0 Å². The maximum Gasteiger partial charge on any atom is 0.270 e. The van der Waals surface area contributed by atoms with E-state index in [0.29, 0.717) is 23.8 Å². The Kier molecular flexibility index (Phi) is 5.07. The molecule has 0 saturated carbocycles. The lowest BCUT2D eigenvalue weighted by Gasteiger charge is -2.10. The first-order chi connectivity index (χ1) is 10.0. The minimum absolute atomic E-state index is 0.110. The van der Waals surface area contributed by atoms with Crippen LogP contribution in [0.25, 0.3) is 11.3 Å². The Morgan fingerprint density at radius 1 is 1.33 bits per heavy atom. The van der Waals surface area contributed by atoms with Gasteiger partial charge >= 0.3 is 0 Å². The maximum atomic E-state index is 11.9. The van der Waals surface area contributed by atoms with Gasteiger partial charge in [0.25, 0.3) is 5.56 Å². The van der Waals surface area contributed by atoms with Gasteiger partial charge in [0.2, 0.25) is 0 Å². The predicted octanol–water partition coefficient (Wildman–Crippen LogP) is 2.91. The molecule has 0 atom stereocenters. The third kappa shape index (κ3) is 3.88. The highest BCUT2D eigenvalue weighted by molar-refractivity contribution is 7.79. The maximum absolute atomic E-state index is 11.9. The second kappa shape index (κ2) is 6.80. The van der Waals surface area contributed by atoms with Crippen LogP contribution in [0, 0.1) is 5.92 Å². The summed E-state index contributed by atoms with van der Waals surface area (Å²) in [5, 5.41) is 4.30. The van der Waals surface area contributed by atoms with E-state index in [1.807, 2.05) is 24.3 Å². The summed E-state index contributed by atoms with van der Waals surface area (Å²) in [7, 11) is 1.65. The molecule has 0 amide bonds. The summed E-state index contributed by atoms with van der Waals surface area (Å²) in [5.41, 5.74) is 2.20. The number of rotatable bonds is 5.